The van der Waals surface area contributed by atoms with Crippen LogP contribution in [0, 0.1) is 0 Å². The number of ether oxygens (including phenoxy) is 8. The molecule has 0 saturated carbocycles. The van der Waals surface area contributed by atoms with Crippen LogP contribution in [0.5, 0.6) is 0 Å². The minimum Gasteiger partial charge on any atom is -0.463 e. The summed E-state index contributed by atoms with van der Waals surface area (Å²) in [5, 5.41) is 4.91. The van der Waals surface area contributed by atoms with Gasteiger partial charge in [-0.2, -0.15) is 0 Å². The Bertz CT molecular complexity index is 1540. The van der Waals surface area contributed by atoms with Gasteiger partial charge in [0.05, 0.1) is 103 Å². The smallest absolute Gasteiger partial charge is 0.305 e. The number of benzene rings is 1. The summed E-state index contributed by atoms with van der Waals surface area (Å²) in [5.74, 6) is -2.87. The van der Waals surface area contributed by atoms with Crippen molar-refractivity contribution in [3.63, 3.8) is 0 Å². The number of carbonyl (C=O) groups is 6. The first-order valence-corrected chi connectivity index (χ1v) is 24.7. The molecule has 2 aliphatic rings. The van der Waals surface area contributed by atoms with E-state index in [1.165, 1.54) is 76.7 Å². The second-order valence-electron chi connectivity index (χ2n) is 16.5. The summed E-state index contributed by atoms with van der Waals surface area (Å²) in [4.78, 5) is 75.6. The van der Waals surface area contributed by atoms with Crippen molar-refractivity contribution in [3.8, 4) is 0 Å². The SMILES string of the molecule is CCCCCCCCCCCCCCCC(=O)OCCOCCOCCOCCOCCOCCOCCOCCCCCC(=O)Nc1cccc2c1C(=O)N(C1CCC(=O)NC1=O)C2=O. The van der Waals surface area contributed by atoms with Gasteiger partial charge in [0.1, 0.15) is 12.6 Å². The molecule has 0 aliphatic carbocycles. The van der Waals surface area contributed by atoms with Crippen molar-refractivity contribution in [1.82, 2.24) is 10.2 Å². The number of anilines is 1. The van der Waals surface area contributed by atoms with Gasteiger partial charge in [0, 0.05) is 25.9 Å². The fourth-order valence-corrected chi connectivity index (χ4v) is 7.49. The molecule has 0 spiro atoms. The first-order valence-electron chi connectivity index (χ1n) is 24.7. The number of amides is 5. The van der Waals surface area contributed by atoms with Crippen molar-refractivity contribution in [2.24, 2.45) is 0 Å². The molecule has 0 bridgehead atoms. The molecule has 0 radical (unpaired) electrons. The lowest BCUT2D eigenvalue weighted by Gasteiger charge is -2.27. The van der Waals surface area contributed by atoms with Crippen LogP contribution in [0.4, 0.5) is 5.69 Å². The Kier molecular flexibility index (Phi) is 31.8. The normalized spacial score (nSPS) is 14.8. The number of fused-ring (bicyclic) bond motifs is 1. The Balaban J connectivity index is 0.982. The third kappa shape index (κ3) is 24.8. The molecule has 5 amide bonds. The summed E-state index contributed by atoms with van der Waals surface area (Å²) in [7, 11) is 0. The maximum absolute atomic E-state index is 13.2. The number of esters is 1. The Morgan fingerprint density at radius 1 is 0.561 bits per heavy atom. The van der Waals surface area contributed by atoms with E-state index in [4.69, 9.17) is 37.9 Å². The molecule has 2 aliphatic heterocycles. The summed E-state index contributed by atoms with van der Waals surface area (Å²) in [6.45, 7) is 8.82. The van der Waals surface area contributed by atoms with Gasteiger partial charge in [-0.3, -0.25) is 39.0 Å². The van der Waals surface area contributed by atoms with Gasteiger partial charge in [-0.1, -0.05) is 96.5 Å². The maximum atomic E-state index is 13.2. The van der Waals surface area contributed by atoms with Crippen LogP contribution < -0.4 is 10.6 Å². The summed E-state index contributed by atoms with van der Waals surface area (Å²) < 4.78 is 43.9. The van der Waals surface area contributed by atoms with E-state index in [0.29, 0.717) is 105 Å². The first kappa shape index (κ1) is 56.5. The standard InChI is InChI=1S/C49H79N3O14/c1-2-3-4-5-6-7-8-9-10-11-12-13-16-22-45(55)66-39-38-65-37-36-64-35-34-63-33-32-62-31-30-61-29-28-60-27-26-59-25-17-14-15-21-43(53)50-41-20-18-19-40-46(41)49(58)52(48(40)57)42-23-24-44(54)51-47(42)56/h18-20,42H,2-17,21-39H2,1H3,(H,50,53)(H,51,54,56). The largest absolute Gasteiger partial charge is 0.463 e. The van der Waals surface area contributed by atoms with Gasteiger partial charge in [0.25, 0.3) is 11.8 Å². The highest BCUT2D eigenvalue weighted by molar-refractivity contribution is 6.26. The number of nitrogens with zero attached hydrogens (tertiary/aromatic N) is 1. The van der Waals surface area contributed by atoms with E-state index in [1.54, 1.807) is 12.1 Å². The van der Waals surface area contributed by atoms with Crippen LogP contribution in [0.1, 0.15) is 156 Å². The van der Waals surface area contributed by atoms with Crippen LogP contribution in [0.3, 0.4) is 0 Å². The lowest BCUT2D eigenvalue weighted by atomic mass is 10.0. The molecular weight excluding hydrogens is 855 g/mol. The fourth-order valence-electron chi connectivity index (χ4n) is 7.49. The highest BCUT2D eigenvalue weighted by Crippen LogP contribution is 2.32. The average molecular weight is 934 g/mol. The number of unbranched alkanes of at least 4 members (excludes halogenated alkanes) is 14. The zero-order valence-electron chi connectivity index (χ0n) is 39.7. The van der Waals surface area contributed by atoms with Crippen molar-refractivity contribution < 1.29 is 66.7 Å². The van der Waals surface area contributed by atoms with Crippen LogP contribution >= 0.6 is 0 Å². The predicted octanol–water partition coefficient (Wildman–Crippen LogP) is 6.73. The summed E-state index contributed by atoms with van der Waals surface area (Å²) in [5.41, 5.74) is 0.381. The van der Waals surface area contributed by atoms with E-state index in [1.807, 2.05) is 0 Å². The first-order chi connectivity index (χ1) is 32.3. The minimum atomic E-state index is -1.07. The maximum Gasteiger partial charge on any atom is 0.305 e. The highest BCUT2D eigenvalue weighted by Gasteiger charge is 2.45. The summed E-state index contributed by atoms with van der Waals surface area (Å²) >= 11 is 0. The van der Waals surface area contributed by atoms with Gasteiger partial charge < -0.3 is 43.2 Å². The second kappa shape index (κ2) is 37.2. The average Bonchev–Trinajstić information content (AvgIpc) is 3.56. The van der Waals surface area contributed by atoms with E-state index in [0.717, 1.165) is 30.6 Å². The van der Waals surface area contributed by atoms with Crippen LogP contribution in [0.25, 0.3) is 0 Å². The third-order valence-corrected chi connectivity index (χ3v) is 11.1. The quantitative estimate of drug-likeness (QED) is 0.0396. The third-order valence-electron chi connectivity index (χ3n) is 11.1. The molecule has 2 heterocycles. The van der Waals surface area contributed by atoms with E-state index < -0.39 is 29.7 Å². The van der Waals surface area contributed by atoms with Crippen molar-refractivity contribution in [1.29, 1.82) is 0 Å². The van der Waals surface area contributed by atoms with Gasteiger partial charge in [-0.15, -0.1) is 0 Å². The molecule has 1 atom stereocenters. The highest BCUT2D eigenvalue weighted by atomic mass is 16.6. The minimum absolute atomic E-state index is 0.0274. The number of imide groups is 2. The number of nitrogens with one attached hydrogen (secondary N) is 2. The number of carbonyl (C=O) groups excluding carboxylic acids is 6. The van der Waals surface area contributed by atoms with Crippen LogP contribution in [-0.2, 0) is 57.1 Å². The van der Waals surface area contributed by atoms with Gasteiger partial charge in [0.15, 0.2) is 0 Å². The number of hydrogen-bond acceptors (Lipinski definition) is 14. The molecule has 1 saturated heterocycles. The van der Waals surface area contributed by atoms with Crippen LogP contribution in [-0.4, -0.2) is 146 Å². The number of piperidine rings is 1. The van der Waals surface area contributed by atoms with Crippen molar-refractivity contribution in [2.45, 2.75) is 141 Å². The zero-order chi connectivity index (χ0) is 47.3. The van der Waals surface area contributed by atoms with Gasteiger partial charge in [-0.05, 0) is 37.8 Å². The lowest BCUT2D eigenvalue weighted by Crippen LogP contribution is -2.54. The van der Waals surface area contributed by atoms with Crippen molar-refractivity contribution in [2.75, 3.05) is 104 Å². The fraction of sp³-hybridized carbons (Fsp3) is 0.755. The Labute approximate surface area is 392 Å². The molecule has 1 fully saturated rings. The lowest BCUT2D eigenvalue weighted by molar-refractivity contribution is -0.145. The van der Waals surface area contributed by atoms with Gasteiger partial charge >= 0.3 is 5.97 Å². The molecular formula is C49H79N3O14. The Hall–Kier alpha value is -3.84. The van der Waals surface area contributed by atoms with Crippen LogP contribution in [0.2, 0.25) is 0 Å². The molecule has 17 nitrogen and oxygen atoms in total. The second-order valence-corrected chi connectivity index (χ2v) is 16.5. The molecule has 0 aromatic heterocycles. The zero-order valence-corrected chi connectivity index (χ0v) is 39.7. The molecule has 66 heavy (non-hydrogen) atoms. The molecule has 1 aromatic carbocycles. The topological polar surface area (TPSA) is 204 Å². The summed E-state index contributed by atoms with van der Waals surface area (Å²) in [6, 6.07) is 3.53. The van der Waals surface area contributed by atoms with E-state index in [-0.39, 0.29) is 54.6 Å². The Morgan fingerprint density at radius 2 is 1.02 bits per heavy atom. The molecule has 374 valence electrons. The van der Waals surface area contributed by atoms with E-state index in [9.17, 15) is 28.8 Å². The molecule has 2 N–H and O–H groups in total. The monoisotopic (exact) mass is 934 g/mol. The molecule has 1 aromatic rings. The van der Waals surface area contributed by atoms with E-state index in [2.05, 4.69) is 17.6 Å². The molecule has 3 rings (SSSR count). The molecule has 1 unspecified atom stereocenters. The Morgan fingerprint density at radius 3 is 1.53 bits per heavy atom. The van der Waals surface area contributed by atoms with Crippen LogP contribution in [0.15, 0.2) is 18.2 Å². The number of hydrogen-bond donors (Lipinski definition) is 2. The van der Waals surface area contributed by atoms with Gasteiger partial charge in [-0.25, -0.2) is 0 Å². The van der Waals surface area contributed by atoms with Crippen molar-refractivity contribution >= 4 is 41.2 Å². The van der Waals surface area contributed by atoms with Gasteiger partial charge in [0.2, 0.25) is 17.7 Å². The number of rotatable bonds is 43. The van der Waals surface area contributed by atoms with Crippen molar-refractivity contribution in [3.05, 3.63) is 29.3 Å². The molecule has 17 heteroatoms. The van der Waals surface area contributed by atoms with E-state index >= 15 is 0 Å². The summed E-state index contributed by atoms with van der Waals surface area (Å²) in [6.07, 6.45) is 19.6. The predicted molar refractivity (Wildman–Crippen MR) is 247 cm³/mol.